The van der Waals surface area contributed by atoms with Gasteiger partial charge < -0.3 is 19.7 Å². The standard InChI is InChI=1S/C33H44N4O5/c1-8-36-27(21-35-18-19-37(22(3)20-35)30(38)24-12-16-26(41-7)17-13-24)28(31(39)42-9-2)29(34-32(36)40)23-10-14-25(15-11-23)33(4,5)6/h10-17,22,29H,8-9,18-21H2,1-7H3,(H,34,40)/t22-,29-/m1/s1. The minimum atomic E-state index is -0.626. The lowest BCUT2D eigenvalue weighted by molar-refractivity contribution is -0.139. The van der Waals surface area contributed by atoms with Crippen LogP contribution in [0.2, 0.25) is 0 Å². The van der Waals surface area contributed by atoms with E-state index < -0.39 is 12.0 Å². The fourth-order valence-electron chi connectivity index (χ4n) is 5.67. The molecule has 42 heavy (non-hydrogen) atoms. The number of carbonyl (C=O) groups excluding carboxylic acids is 3. The fourth-order valence-corrected chi connectivity index (χ4v) is 5.67. The van der Waals surface area contributed by atoms with Crippen LogP contribution in [-0.4, -0.2) is 85.1 Å². The molecule has 0 radical (unpaired) electrons. The van der Waals surface area contributed by atoms with E-state index in [0.717, 1.165) is 5.56 Å². The average Bonchev–Trinajstić information content (AvgIpc) is 2.96. The zero-order chi connectivity index (χ0) is 30.6. The third kappa shape index (κ3) is 6.62. The minimum Gasteiger partial charge on any atom is -0.497 e. The van der Waals surface area contributed by atoms with E-state index in [-0.39, 0.29) is 30.0 Å². The molecule has 0 unspecified atom stereocenters. The number of piperazine rings is 1. The number of esters is 1. The molecule has 0 bridgehead atoms. The Balaban J connectivity index is 1.62. The average molecular weight is 577 g/mol. The molecule has 0 saturated carbocycles. The fraction of sp³-hybridized carbons (Fsp3) is 0.485. The molecular formula is C33H44N4O5. The summed E-state index contributed by atoms with van der Waals surface area (Å²) < 4.78 is 10.8. The first-order chi connectivity index (χ1) is 20.0. The van der Waals surface area contributed by atoms with Crippen LogP contribution < -0.4 is 10.1 Å². The van der Waals surface area contributed by atoms with Crippen molar-refractivity contribution < 1.29 is 23.9 Å². The number of ether oxygens (including phenoxy) is 2. The molecule has 2 aliphatic rings. The predicted molar refractivity (Wildman–Crippen MR) is 162 cm³/mol. The van der Waals surface area contributed by atoms with Gasteiger partial charge in [0, 0.05) is 50.0 Å². The van der Waals surface area contributed by atoms with Gasteiger partial charge in [0.2, 0.25) is 0 Å². The molecule has 2 aromatic carbocycles. The van der Waals surface area contributed by atoms with Crippen molar-refractivity contribution in [3.63, 3.8) is 0 Å². The van der Waals surface area contributed by atoms with Crippen LogP contribution >= 0.6 is 0 Å². The monoisotopic (exact) mass is 576 g/mol. The molecule has 9 nitrogen and oxygen atoms in total. The zero-order valence-corrected chi connectivity index (χ0v) is 25.9. The zero-order valence-electron chi connectivity index (χ0n) is 25.9. The van der Waals surface area contributed by atoms with Crippen molar-refractivity contribution in [3.05, 3.63) is 76.5 Å². The predicted octanol–water partition coefficient (Wildman–Crippen LogP) is 4.74. The van der Waals surface area contributed by atoms with Gasteiger partial charge in [-0.2, -0.15) is 0 Å². The molecule has 9 heteroatoms. The maximum Gasteiger partial charge on any atom is 0.338 e. The van der Waals surface area contributed by atoms with Crippen LogP contribution in [0.1, 0.15) is 69.1 Å². The molecular weight excluding hydrogens is 532 g/mol. The molecule has 1 N–H and O–H groups in total. The largest absolute Gasteiger partial charge is 0.497 e. The number of rotatable bonds is 8. The van der Waals surface area contributed by atoms with Gasteiger partial charge in [-0.05, 0) is 61.6 Å². The van der Waals surface area contributed by atoms with Crippen molar-refractivity contribution in [3.8, 4) is 5.75 Å². The molecule has 2 aliphatic heterocycles. The summed E-state index contributed by atoms with van der Waals surface area (Å²) in [7, 11) is 1.60. The van der Waals surface area contributed by atoms with E-state index in [2.05, 4.69) is 43.1 Å². The van der Waals surface area contributed by atoms with E-state index in [1.807, 2.05) is 30.9 Å². The molecule has 226 valence electrons. The quantitative estimate of drug-likeness (QED) is 0.457. The van der Waals surface area contributed by atoms with Crippen LogP contribution in [0.3, 0.4) is 0 Å². The Kier molecular flexibility index (Phi) is 9.61. The maximum atomic E-state index is 13.5. The topological polar surface area (TPSA) is 91.4 Å². The molecule has 1 saturated heterocycles. The number of hydrogen-bond donors (Lipinski definition) is 1. The van der Waals surface area contributed by atoms with Gasteiger partial charge in [-0.1, -0.05) is 45.0 Å². The van der Waals surface area contributed by atoms with Crippen LogP contribution in [0.5, 0.6) is 5.75 Å². The second-order valence-corrected chi connectivity index (χ2v) is 11.9. The molecule has 0 aromatic heterocycles. The molecule has 2 aromatic rings. The first-order valence-electron chi connectivity index (χ1n) is 14.7. The summed E-state index contributed by atoms with van der Waals surface area (Å²) in [4.78, 5) is 45.9. The summed E-state index contributed by atoms with van der Waals surface area (Å²) in [6.45, 7) is 14.9. The summed E-state index contributed by atoms with van der Waals surface area (Å²) in [5.41, 5.74) is 3.69. The summed E-state index contributed by atoms with van der Waals surface area (Å²) in [6, 6.07) is 14.3. The van der Waals surface area contributed by atoms with E-state index >= 15 is 0 Å². The number of carbonyl (C=O) groups is 3. The lowest BCUT2D eigenvalue weighted by atomic mass is 9.85. The Morgan fingerprint density at radius 1 is 1.00 bits per heavy atom. The van der Waals surface area contributed by atoms with Crippen LogP contribution in [0.25, 0.3) is 0 Å². The number of likely N-dealkylation sites (N-methyl/N-ethyl adjacent to an activating group) is 1. The summed E-state index contributed by atoms with van der Waals surface area (Å²) in [5, 5.41) is 3.05. The van der Waals surface area contributed by atoms with Crippen molar-refractivity contribution in [2.75, 3.05) is 46.4 Å². The molecule has 2 heterocycles. The van der Waals surface area contributed by atoms with E-state index in [9.17, 15) is 14.4 Å². The van der Waals surface area contributed by atoms with Gasteiger partial charge in [-0.3, -0.25) is 14.6 Å². The third-order valence-electron chi connectivity index (χ3n) is 8.04. The van der Waals surface area contributed by atoms with Gasteiger partial charge in [0.25, 0.3) is 5.91 Å². The van der Waals surface area contributed by atoms with E-state index in [1.54, 1.807) is 43.2 Å². The van der Waals surface area contributed by atoms with Gasteiger partial charge in [-0.15, -0.1) is 0 Å². The van der Waals surface area contributed by atoms with Gasteiger partial charge in [0.1, 0.15) is 5.75 Å². The lowest BCUT2D eigenvalue weighted by Gasteiger charge is -2.43. The highest BCUT2D eigenvalue weighted by molar-refractivity contribution is 5.95. The molecule has 1 fully saturated rings. The molecule has 0 spiro atoms. The smallest absolute Gasteiger partial charge is 0.338 e. The minimum absolute atomic E-state index is 0.0219. The van der Waals surface area contributed by atoms with E-state index in [1.165, 1.54) is 5.56 Å². The van der Waals surface area contributed by atoms with Crippen LogP contribution in [0.4, 0.5) is 4.79 Å². The van der Waals surface area contributed by atoms with Crippen molar-refractivity contribution in [1.29, 1.82) is 0 Å². The van der Waals surface area contributed by atoms with Crippen molar-refractivity contribution >= 4 is 17.9 Å². The highest BCUT2D eigenvalue weighted by atomic mass is 16.5. The Labute approximate surface area is 249 Å². The van der Waals surface area contributed by atoms with Crippen molar-refractivity contribution in [2.24, 2.45) is 0 Å². The van der Waals surface area contributed by atoms with Gasteiger partial charge in [0.05, 0.1) is 25.3 Å². The second kappa shape index (κ2) is 13.0. The highest BCUT2D eigenvalue weighted by Crippen LogP contribution is 2.34. The molecule has 3 amide bonds. The SMILES string of the molecule is CCOC(=O)C1=C(CN2CCN(C(=O)c3ccc(OC)cc3)[C@H](C)C2)N(CC)C(=O)N[C@@H]1c1ccc(C(C)(C)C)cc1. The number of nitrogens with zero attached hydrogens (tertiary/aromatic N) is 3. The summed E-state index contributed by atoms with van der Waals surface area (Å²) >= 11 is 0. The summed E-state index contributed by atoms with van der Waals surface area (Å²) in [5.74, 6) is 0.245. The Morgan fingerprint density at radius 2 is 1.67 bits per heavy atom. The number of amides is 3. The van der Waals surface area contributed by atoms with E-state index in [4.69, 9.17) is 9.47 Å². The first-order valence-corrected chi connectivity index (χ1v) is 14.7. The number of urea groups is 1. The molecule has 0 aliphatic carbocycles. The summed E-state index contributed by atoms with van der Waals surface area (Å²) in [6.07, 6.45) is 0. The number of methoxy groups -OCH3 is 1. The van der Waals surface area contributed by atoms with Crippen LogP contribution in [0.15, 0.2) is 59.8 Å². The number of nitrogens with one attached hydrogen (secondary N) is 1. The maximum absolute atomic E-state index is 13.5. The molecule has 4 rings (SSSR count). The van der Waals surface area contributed by atoms with Crippen LogP contribution in [-0.2, 0) is 14.9 Å². The third-order valence-corrected chi connectivity index (χ3v) is 8.04. The van der Waals surface area contributed by atoms with E-state index in [0.29, 0.717) is 55.3 Å². The van der Waals surface area contributed by atoms with Gasteiger partial charge in [0.15, 0.2) is 0 Å². The van der Waals surface area contributed by atoms with Gasteiger partial charge in [-0.25, -0.2) is 9.59 Å². The highest BCUT2D eigenvalue weighted by Gasteiger charge is 2.39. The second-order valence-electron chi connectivity index (χ2n) is 11.9. The molecule has 2 atom stereocenters. The number of hydrogen-bond acceptors (Lipinski definition) is 6. The Bertz CT molecular complexity index is 1310. The Hall–Kier alpha value is -3.85. The normalized spacial score (nSPS) is 19.9. The lowest BCUT2D eigenvalue weighted by Crippen LogP contribution is -2.56. The van der Waals surface area contributed by atoms with Crippen molar-refractivity contribution in [2.45, 2.75) is 59.0 Å². The van der Waals surface area contributed by atoms with Crippen molar-refractivity contribution in [1.82, 2.24) is 20.0 Å². The van der Waals surface area contributed by atoms with Gasteiger partial charge >= 0.3 is 12.0 Å². The Morgan fingerprint density at radius 3 is 2.21 bits per heavy atom. The number of benzene rings is 2. The van der Waals surface area contributed by atoms with Crippen LogP contribution in [0, 0.1) is 0 Å². The first kappa shape index (κ1) is 31.1.